The lowest BCUT2D eigenvalue weighted by atomic mass is 9.79. The Kier molecular flexibility index (Phi) is 5.18. The summed E-state index contributed by atoms with van der Waals surface area (Å²) in [5.74, 6) is 1.30. The van der Waals surface area contributed by atoms with Crippen LogP contribution in [-0.2, 0) is 0 Å². The van der Waals surface area contributed by atoms with E-state index in [2.05, 4.69) is 72.7 Å². The van der Waals surface area contributed by atoms with Crippen molar-refractivity contribution in [3.63, 3.8) is 0 Å². The first-order valence-corrected chi connectivity index (χ1v) is 13.6. The standard InChI is InChI=1S/C28H29N7S/c1-30-22-13-24(25-4-2-9-36-25)33-23-12-18(5-6-20(22)23)21-15-35(28-26(21)27(29)31-16-32-28)19-10-17(11-19)14-34-7-3-8-34/h2,4-6,9,12-13,15-17,19H,3,7-8,10-11,14H2,1H3,(H,30,33)(H2,29,31,32). The average Bonchev–Trinajstić information content (AvgIpc) is 3.50. The molecule has 0 atom stereocenters. The molecule has 0 radical (unpaired) electrons. The average molecular weight is 496 g/mol. The van der Waals surface area contributed by atoms with Crippen LogP contribution in [0, 0.1) is 5.92 Å². The number of nitrogens with zero attached hydrogens (tertiary/aromatic N) is 5. The van der Waals surface area contributed by atoms with E-state index < -0.39 is 0 Å². The molecular formula is C28H29N7S. The van der Waals surface area contributed by atoms with Crippen molar-refractivity contribution in [3.05, 3.63) is 54.3 Å². The van der Waals surface area contributed by atoms with Gasteiger partial charge in [-0.15, -0.1) is 11.3 Å². The van der Waals surface area contributed by atoms with Crippen LogP contribution in [0.1, 0.15) is 25.3 Å². The number of nitrogen functional groups attached to an aromatic ring is 1. The second kappa shape index (κ2) is 8.57. The number of benzene rings is 1. The van der Waals surface area contributed by atoms with Crippen LogP contribution in [0.5, 0.6) is 0 Å². The summed E-state index contributed by atoms with van der Waals surface area (Å²) in [6.45, 7) is 3.76. The van der Waals surface area contributed by atoms with Gasteiger partial charge in [0.1, 0.15) is 17.8 Å². The predicted octanol–water partition coefficient (Wildman–Crippen LogP) is 5.66. The summed E-state index contributed by atoms with van der Waals surface area (Å²) >= 11 is 1.70. The van der Waals surface area contributed by atoms with Gasteiger partial charge in [-0.1, -0.05) is 18.2 Å². The van der Waals surface area contributed by atoms with Gasteiger partial charge >= 0.3 is 0 Å². The molecule has 36 heavy (non-hydrogen) atoms. The molecular weight excluding hydrogens is 466 g/mol. The second-order valence-corrected chi connectivity index (χ2v) is 11.0. The Morgan fingerprint density at radius 3 is 2.78 bits per heavy atom. The number of nitrogens with two attached hydrogens (primary N) is 1. The van der Waals surface area contributed by atoms with Gasteiger partial charge in [0, 0.05) is 42.5 Å². The van der Waals surface area contributed by atoms with E-state index in [0.717, 1.165) is 55.2 Å². The fraction of sp³-hybridized carbons (Fsp3) is 0.321. The largest absolute Gasteiger partial charge is 0.388 e. The van der Waals surface area contributed by atoms with Crippen LogP contribution < -0.4 is 11.1 Å². The Labute approximate surface area is 214 Å². The molecule has 0 spiro atoms. The SMILES string of the molecule is CNc1cc(-c2cccs2)nc2cc(-c3cn(C4CC(CN5CCC5)C4)c4ncnc(N)c34)ccc12. The Morgan fingerprint density at radius 2 is 2.03 bits per heavy atom. The molecule has 0 bridgehead atoms. The Balaban J connectivity index is 1.30. The molecule has 5 heterocycles. The van der Waals surface area contributed by atoms with Crippen molar-refractivity contribution in [2.75, 3.05) is 37.7 Å². The normalized spacial score (nSPS) is 19.9. The maximum Gasteiger partial charge on any atom is 0.146 e. The summed E-state index contributed by atoms with van der Waals surface area (Å²) in [4.78, 5) is 17.8. The van der Waals surface area contributed by atoms with Crippen molar-refractivity contribution in [1.29, 1.82) is 0 Å². The summed E-state index contributed by atoms with van der Waals surface area (Å²) in [7, 11) is 1.96. The minimum atomic E-state index is 0.460. The van der Waals surface area contributed by atoms with Crippen molar-refractivity contribution in [2.45, 2.75) is 25.3 Å². The maximum atomic E-state index is 6.44. The first-order valence-electron chi connectivity index (χ1n) is 12.7. The lowest BCUT2D eigenvalue weighted by Crippen LogP contribution is -2.43. The molecule has 7 nitrogen and oxygen atoms in total. The van der Waals surface area contributed by atoms with E-state index in [1.165, 1.54) is 38.9 Å². The first-order chi connectivity index (χ1) is 17.7. The summed E-state index contributed by atoms with van der Waals surface area (Å²) < 4.78 is 2.34. The molecule has 8 heteroatoms. The molecule has 7 rings (SSSR count). The summed E-state index contributed by atoms with van der Waals surface area (Å²) in [5.41, 5.74) is 12.5. The van der Waals surface area contributed by atoms with Gasteiger partial charge in [-0.05, 0) is 67.4 Å². The number of fused-ring (bicyclic) bond motifs is 2. The smallest absolute Gasteiger partial charge is 0.146 e. The second-order valence-electron chi connectivity index (χ2n) is 10.1. The van der Waals surface area contributed by atoms with Gasteiger partial charge in [0.25, 0.3) is 0 Å². The number of thiophene rings is 1. The molecule has 2 fully saturated rings. The molecule has 1 aromatic carbocycles. The Hall–Kier alpha value is -3.49. The zero-order valence-corrected chi connectivity index (χ0v) is 21.1. The van der Waals surface area contributed by atoms with E-state index in [9.17, 15) is 0 Å². The maximum absolute atomic E-state index is 6.44. The van der Waals surface area contributed by atoms with Gasteiger partial charge in [-0.2, -0.15) is 0 Å². The molecule has 1 aliphatic heterocycles. The number of anilines is 2. The fourth-order valence-electron chi connectivity index (χ4n) is 5.77. The number of hydrogen-bond acceptors (Lipinski definition) is 7. The van der Waals surface area contributed by atoms with Crippen LogP contribution in [0.3, 0.4) is 0 Å². The zero-order chi connectivity index (χ0) is 24.2. The minimum absolute atomic E-state index is 0.460. The quantitative estimate of drug-likeness (QED) is 0.316. The van der Waals surface area contributed by atoms with Gasteiger partial charge in [0.05, 0.1) is 21.5 Å². The molecule has 4 aromatic heterocycles. The third-order valence-electron chi connectivity index (χ3n) is 7.87. The van der Waals surface area contributed by atoms with Crippen LogP contribution in [0.15, 0.2) is 54.3 Å². The summed E-state index contributed by atoms with van der Waals surface area (Å²) in [5, 5.41) is 7.47. The highest BCUT2D eigenvalue weighted by atomic mass is 32.1. The summed E-state index contributed by atoms with van der Waals surface area (Å²) in [6, 6.07) is 13.2. The van der Waals surface area contributed by atoms with Gasteiger partial charge in [-0.25, -0.2) is 15.0 Å². The highest BCUT2D eigenvalue weighted by molar-refractivity contribution is 7.13. The Bertz CT molecular complexity index is 1560. The third kappa shape index (κ3) is 3.55. The van der Waals surface area contributed by atoms with Crippen molar-refractivity contribution >= 4 is 44.8 Å². The van der Waals surface area contributed by atoms with Gasteiger partial charge < -0.3 is 20.5 Å². The highest BCUT2D eigenvalue weighted by Gasteiger charge is 2.34. The van der Waals surface area contributed by atoms with Crippen molar-refractivity contribution in [3.8, 4) is 21.7 Å². The number of aromatic nitrogens is 4. The van der Waals surface area contributed by atoms with E-state index in [-0.39, 0.29) is 0 Å². The molecule has 2 aliphatic rings. The predicted molar refractivity (Wildman–Crippen MR) is 148 cm³/mol. The third-order valence-corrected chi connectivity index (χ3v) is 8.76. The number of hydrogen-bond donors (Lipinski definition) is 2. The van der Waals surface area contributed by atoms with Crippen LogP contribution in [0.4, 0.5) is 11.5 Å². The molecule has 5 aromatic rings. The summed E-state index contributed by atoms with van der Waals surface area (Å²) in [6.07, 6.45) is 7.56. The zero-order valence-electron chi connectivity index (χ0n) is 20.3. The van der Waals surface area contributed by atoms with E-state index >= 15 is 0 Å². The molecule has 182 valence electrons. The molecule has 1 saturated carbocycles. The lowest BCUT2D eigenvalue weighted by molar-refractivity contribution is 0.0921. The highest BCUT2D eigenvalue weighted by Crippen LogP contribution is 2.44. The van der Waals surface area contributed by atoms with Crippen LogP contribution in [0.25, 0.3) is 43.6 Å². The molecule has 0 unspecified atom stereocenters. The molecule has 3 N–H and O–H groups in total. The fourth-order valence-corrected chi connectivity index (χ4v) is 6.45. The van der Waals surface area contributed by atoms with Crippen molar-refractivity contribution in [2.24, 2.45) is 5.92 Å². The molecule has 1 aliphatic carbocycles. The monoisotopic (exact) mass is 495 g/mol. The van der Waals surface area contributed by atoms with Crippen LogP contribution in [-0.4, -0.2) is 51.1 Å². The van der Waals surface area contributed by atoms with Crippen LogP contribution in [0.2, 0.25) is 0 Å². The van der Waals surface area contributed by atoms with Gasteiger partial charge in [-0.3, -0.25) is 0 Å². The van der Waals surface area contributed by atoms with E-state index in [0.29, 0.717) is 11.9 Å². The first kappa shape index (κ1) is 21.8. The van der Waals surface area contributed by atoms with Crippen molar-refractivity contribution < 1.29 is 0 Å². The van der Waals surface area contributed by atoms with E-state index in [1.54, 1.807) is 17.7 Å². The van der Waals surface area contributed by atoms with E-state index in [1.807, 2.05) is 7.05 Å². The molecule has 1 saturated heterocycles. The van der Waals surface area contributed by atoms with Crippen molar-refractivity contribution in [1.82, 2.24) is 24.4 Å². The van der Waals surface area contributed by atoms with E-state index in [4.69, 9.17) is 10.7 Å². The molecule has 0 amide bonds. The lowest BCUT2D eigenvalue weighted by Gasteiger charge is -2.42. The van der Waals surface area contributed by atoms with Crippen LogP contribution >= 0.6 is 11.3 Å². The van der Waals surface area contributed by atoms with Gasteiger partial charge in [0.15, 0.2) is 0 Å². The Morgan fingerprint density at radius 1 is 1.14 bits per heavy atom. The minimum Gasteiger partial charge on any atom is -0.388 e. The number of pyridine rings is 1. The number of nitrogens with one attached hydrogen (secondary N) is 1. The number of likely N-dealkylation sites (tertiary alicyclic amines) is 1. The van der Waals surface area contributed by atoms with Gasteiger partial charge in [0.2, 0.25) is 0 Å². The number of rotatable bonds is 6. The topological polar surface area (TPSA) is 84.9 Å².